The van der Waals surface area contributed by atoms with Gasteiger partial charge >= 0.3 is 0 Å². The molecule has 3 rings (SSSR count). The zero-order chi connectivity index (χ0) is 20.1. The maximum Gasteiger partial charge on any atom is 0.205 e. The smallest absolute Gasteiger partial charge is 0.205 e. The highest BCUT2D eigenvalue weighted by atomic mass is 32.1. The van der Waals surface area contributed by atoms with Crippen LogP contribution in [0.1, 0.15) is 9.75 Å². The fourth-order valence-electron chi connectivity index (χ4n) is 2.10. The van der Waals surface area contributed by atoms with E-state index in [-0.39, 0.29) is 41.6 Å². The molecule has 0 amide bonds. The number of benzene rings is 1. The minimum atomic E-state index is -0.312. The Bertz CT molecular complexity index is 1230. The molecule has 11 heteroatoms. The van der Waals surface area contributed by atoms with E-state index in [1.165, 1.54) is 0 Å². The van der Waals surface area contributed by atoms with Gasteiger partial charge in [-0.05, 0) is 0 Å². The summed E-state index contributed by atoms with van der Waals surface area (Å²) >= 11 is 1.82. The summed E-state index contributed by atoms with van der Waals surface area (Å²) in [7, 11) is 0. The van der Waals surface area contributed by atoms with Gasteiger partial charge in [0.2, 0.25) is 10.9 Å². The number of guanidine groups is 2. The number of rotatable bonds is 0. The zero-order valence-corrected chi connectivity index (χ0v) is 15.1. The second-order valence-electron chi connectivity index (χ2n) is 4.90. The fourth-order valence-corrected chi connectivity index (χ4v) is 4.16. The third-order valence-electron chi connectivity index (χ3n) is 3.12. The average molecular weight is 397 g/mol. The highest BCUT2D eigenvalue weighted by Crippen LogP contribution is 2.20. The fraction of sp³-hybridized carbons (Fsp3) is 0. The van der Waals surface area contributed by atoms with Crippen LogP contribution in [-0.2, 0) is 0 Å². The molecule has 0 saturated carbocycles. The molecule has 0 unspecified atom stereocenters. The lowest BCUT2D eigenvalue weighted by Gasteiger charge is -1.98. The van der Waals surface area contributed by atoms with Crippen molar-refractivity contribution in [3.05, 3.63) is 63.5 Å². The van der Waals surface area contributed by atoms with Crippen LogP contribution in [-0.4, -0.2) is 11.9 Å². The van der Waals surface area contributed by atoms with Gasteiger partial charge in [0.1, 0.15) is 21.9 Å². The van der Waals surface area contributed by atoms with Gasteiger partial charge in [0.15, 0.2) is 11.9 Å². The van der Waals surface area contributed by atoms with Crippen LogP contribution < -0.4 is 27.6 Å². The van der Waals surface area contributed by atoms with E-state index in [9.17, 15) is 9.59 Å². The van der Waals surface area contributed by atoms with Crippen LogP contribution in [0.2, 0.25) is 0 Å². The van der Waals surface area contributed by atoms with E-state index in [4.69, 9.17) is 32.8 Å². The van der Waals surface area contributed by atoms with Crippen molar-refractivity contribution in [1.82, 2.24) is 5.32 Å². The van der Waals surface area contributed by atoms with Crippen LogP contribution in [0.5, 0.6) is 0 Å². The van der Waals surface area contributed by atoms with Crippen molar-refractivity contribution < 1.29 is 0 Å². The normalized spacial score (nSPS) is 9.56. The first-order valence-electron chi connectivity index (χ1n) is 7.08. The van der Waals surface area contributed by atoms with Crippen molar-refractivity contribution >= 4 is 45.4 Å². The Hall–Kier alpha value is -3.80. The van der Waals surface area contributed by atoms with Crippen LogP contribution in [0.25, 0.3) is 10.8 Å². The van der Waals surface area contributed by atoms with Crippen molar-refractivity contribution in [3.63, 3.8) is 0 Å². The minimum absolute atomic E-state index is 0.164. The van der Waals surface area contributed by atoms with E-state index in [0.717, 1.165) is 22.7 Å². The second kappa shape index (κ2) is 8.05. The maximum absolute atomic E-state index is 12.4. The first-order valence-corrected chi connectivity index (χ1v) is 8.71. The highest BCUT2D eigenvalue weighted by molar-refractivity contribution is 7.18. The molecule has 0 atom stereocenters. The number of hydrogen-bond donors (Lipinski definition) is 5. The molecule has 0 radical (unpaired) electrons. The minimum Gasteiger partial charge on any atom is -0.370 e. The molecule has 1 aliphatic heterocycles. The van der Waals surface area contributed by atoms with Gasteiger partial charge in [-0.25, -0.2) is 0 Å². The van der Waals surface area contributed by atoms with Gasteiger partial charge in [-0.2, -0.15) is 10.5 Å². The number of nitrogens with two attached hydrogens (primary N) is 2. The lowest BCUT2D eigenvalue weighted by molar-refractivity contribution is 1.19. The van der Waals surface area contributed by atoms with Crippen LogP contribution in [0.4, 0.5) is 0 Å². The molecule has 0 fully saturated rings. The van der Waals surface area contributed by atoms with Crippen molar-refractivity contribution in [2.75, 3.05) is 0 Å². The third-order valence-corrected chi connectivity index (χ3v) is 5.57. The Balaban J connectivity index is 0.000000321. The zero-order valence-electron chi connectivity index (χ0n) is 13.5. The molecule has 7 N–H and O–H groups in total. The Morgan fingerprint density at radius 2 is 1.26 bits per heavy atom. The van der Waals surface area contributed by atoms with Crippen LogP contribution in [0, 0.1) is 42.5 Å². The molecular formula is C16H11N7O2S2. The van der Waals surface area contributed by atoms with Gasteiger partial charge < -0.3 is 11.5 Å². The van der Waals surface area contributed by atoms with Crippen LogP contribution in [0.3, 0.4) is 0 Å². The molecule has 0 aromatic heterocycles. The van der Waals surface area contributed by atoms with Crippen LogP contribution >= 0.6 is 22.7 Å². The van der Waals surface area contributed by atoms with Gasteiger partial charge in [0.05, 0.1) is 9.06 Å². The average Bonchev–Trinajstić information content (AvgIpc) is 2.64. The predicted molar refractivity (Wildman–Crippen MR) is 104 cm³/mol. The van der Waals surface area contributed by atoms with Crippen molar-refractivity contribution in [3.8, 4) is 12.1 Å². The van der Waals surface area contributed by atoms with E-state index in [1.807, 2.05) is 17.5 Å². The number of nitrogens with zero attached hydrogens (tertiary/aromatic N) is 2. The van der Waals surface area contributed by atoms with E-state index in [2.05, 4.69) is 0 Å². The third kappa shape index (κ3) is 4.07. The largest absolute Gasteiger partial charge is 0.370 e. The Kier molecular flexibility index (Phi) is 5.82. The summed E-state index contributed by atoms with van der Waals surface area (Å²) < 4.78 is 0.489. The Morgan fingerprint density at radius 1 is 0.889 bits per heavy atom. The van der Waals surface area contributed by atoms with Crippen LogP contribution in [0.15, 0.2) is 33.9 Å². The maximum atomic E-state index is 12.4. The molecule has 9 nitrogen and oxygen atoms in total. The quantitative estimate of drug-likeness (QED) is 0.269. The molecule has 1 aliphatic carbocycles. The summed E-state index contributed by atoms with van der Waals surface area (Å²) in [5.41, 5.74) is 8.96. The second-order valence-corrected chi connectivity index (χ2v) is 6.94. The number of nitrogens with one attached hydrogen (secondary N) is 3. The number of fused-ring (bicyclic) bond motifs is 1. The van der Waals surface area contributed by atoms with Gasteiger partial charge in [-0.3, -0.25) is 25.7 Å². The molecule has 1 heterocycles. The summed E-state index contributed by atoms with van der Waals surface area (Å²) in [6.45, 7) is 0. The van der Waals surface area contributed by atoms with Crippen molar-refractivity contribution in [2.24, 2.45) is 11.5 Å². The summed E-state index contributed by atoms with van der Waals surface area (Å²) in [5, 5.41) is 33.7. The monoisotopic (exact) mass is 397 g/mol. The molecule has 0 spiro atoms. The molecule has 134 valence electrons. The molecule has 2 aliphatic rings. The first-order chi connectivity index (χ1) is 12.8. The molecular weight excluding hydrogens is 386 g/mol. The van der Waals surface area contributed by atoms with Crippen molar-refractivity contribution in [1.29, 1.82) is 21.3 Å². The summed E-state index contributed by atoms with van der Waals surface area (Å²) in [6, 6.07) is 10.4. The highest BCUT2D eigenvalue weighted by Gasteiger charge is 2.12. The van der Waals surface area contributed by atoms with E-state index in [0.29, 0.717) is 10.8 Å². The molecule has 1 aromatic carbocycles. The lowest BCUT2D eigenvalue weighted by Crippen LogP contribution is -2.39. The summed E-state index contributed by atoms with van der Waals surface area (Å²) in [4.78, 5) is 25.1. The van der Waals surface area contributed by atoms with E-state index >= 15 is 0 Å². The van der Waals surface area contributed by atoms with Gasteiger partial charge in [0, 0.05) is 10.8 Å². The first kappa shape index (κ1) is 19.5. The standard InChI is InChI=1S/C14H4N2O2S2.C2H7N5/c15-5-9-10(6-16)20-14-12(18)8-4-2-1-3-7(8)11(17)13(14)19-9;3-1(4)7-2(5)6/h1-4H;(H7,3,4,5,6,7). The van der Waals surface area contributed by atoms with Gasteiger partial charge in [-0.1, -0.05) is 24.3 Å². The molecule has 1 aromatic rings. The Labute approximate surface area is 159 Å². The molecule has 0 bridgehead atoms. The van der Waals surface area contributed by atoms with Gasteiger partial charge in [-0.15, -0.1) is 22.7 Å². The van der Waals surface area contributed by atoms with E-state index < -0.39 is 0 Å². The lowest BCUT2D eigenvalue weighted by atomic mass is 10.1. The SMILES string of the molecule is N#Cc1sc2c(=O)c3ccccc3c(=O)c=2sc1C#N.N=C(N)NC(=N)N. The van der Waals surface area contributed by atoms with Gasteiger partial charge in [0.25, 0.3) is 0 Å². The topological polar surface area (TPSA) is 193 Å². The molecule has 27 heavy (non-hydrogen) atoms. The predicted octanol–water partition coefficient (Wildman–Crippen LogP) is 0.514. The van der Waals surface area contributed by atoms with E-state index in [1.54, 1.807) is 24.3 Å². The summed E-state index contributed by atoms with van der Waals surface area (Å²) in [5.74, 6) is -0.625. The number of hydrogen-bond acceptors (Lipinski definition) is 8. The van der Waals surface area contributed by atoms with Crippen molar-refractivity contribution in [2.45, 2.75) is 0 Å². The summed E-state index contributed by atoms with van der Waals surface area (Å²) in [6.07, 6.45) is 0. The Morgan fingerprint density at radius 3 is 1.52 bits per heavy atom. The molecule has 0 saturated heterocycles. The number of nitriles is 2.